The Hall–Kier alpha value is -2.19. The molecule has 1 saturated carbocycles. The van der Waals surface area contributed by atoms with Crippen LogP contribution in [0.3, 0.4) is 0 Å². The zero-order chi connectivity index (χ0) is 49.1. The molecule has 66 heavy (non-hydrogen) atoms. The molecule has 2 rings (SSSR count). The van der Waals surface area contributed by atoms with Crippen molar-refractivity contribution in [2.45, 2.75) is 204 Å². The number of esters is 2. The van der Waals surface area contributed by atoms with E-state index in [1.807, 2.05) is 6.92 Å². The third-order valence-corrected chi connectivity index (χ3v) is 13.1. The summed E-state index contributed by atoms with van der Waals surface area (Å²) in [6.45, 7) is 2.48. The van der Waals surface area contributed by atoms with Gasteiger partial charge in [0.2, 0.25) is 0 Å². The molecule has 0 aromatic heterocycles. The molecule has 9 N–H and O–H groups in total. The lowest BCUT2D eigenvalue weighted by Gasteiger charge is -2.38. The van der Waals surface area contributed by atoms with Gasteiger partial charge in [-0.2, -0.15) is 0 Å². The molecular weight excluding hydrogens is 906 g/mol. The second-order valence-corrected chi connectivity index (χ2v) is 19.8. The number of carbonyl (C=O) groups is 3. The first-order chi connectivity index (χ1) is 31.3. The summed E-state index contributed by atoms with van der Waals surface area (Å²) in [6.07, 6.45) is 2.34. The molecule has 0 amide bonds. The Bertz CT molecular complexity index is 1580. The number of carbonyl (C=O) groups excluding carboxylic acids is 3. The van der Waals surface area contributed by atoms with Crippen molar-refractivity contribution in [3.63, 3.8) is 0 Å². The number of phosphoric acid groups is 2. The smallest absolute Gasteiger partial charge is 0.462 e. The van der Waals surface area contributed by atoms with Crippen LogP contribution in [-0.2, 0) is 46.6 Å². The number of Topliss-reactive ketones (excluding diaryl/α,β-unsaturated/α-hetero) is 1. The third-order valence-electron chi connectivity index (χ3n) is 11.6. The van der Waals surface area contributed by atoms with E-state index >= 15 is 0 Å². The minimum atomic E-state index is -5.77. The Morgan fingerprint density at radius 2 is 1.53 bits per heavy atom. The van der Waals surface area contributed by atoms with Gasteiger partial charge in [-0.25, -0.2) is 9.13 Å². The Morgan fingerprint density at radius 1 is 0.848 bits per heavy atom. The molecule has 0 radical (unpaired) electrons. The maximum absolute atomic E-state index is 13.7. The number of ketones is 1. The molecule has 21 heteroatoms. The van der Waals surface area contributed by atoms with Gasteiger partial charge in [-0.3, -0.25) is 28.0 Å². The van der Waals surface area contributed by atoms with E-state index in [4.69, 9.17) is 23.0 Å². The summed E-state index contributed by atoms with van der Waals surface area (Å²) in [5, 5.41) is 68.1. The van der Waals surface area contributed by atoms with Crippen LogP contribution in [0.25, 0.3) is 0 Å². The number of hydrogen-bond donors (Lipinski definition) is 9. The van der Waals surface area contributed by atoms with Gasteiger partial charge in [0, 0.05) is 31.1 Å². The number of fused-ring (bicyclic) bond motifs is 4. The number of ether oxygens (including phenoxy) is 2. The molecule has 1 aliphatic carbocycles. The largest absolute Gasteiger partial charge is 0.472 e. The summed E-state index contributed by atoms with van der Waals surface area (Å²) >= 11 is 0. The van der Waals surface area contributed by atoms with Crippen molar-refractivity contribution in [3.8, 4) is 0 Å². The van der Waals surface area contributed by atoms with Crippen molar-refractivity contribution in [1.82, 2.24) is 0 Å². The summed E-state index contributed by atoms with van der Waals surface area (Å²) < 4.78 is 52.0. The lowest BCUT2D eigenvalue weighted by atomic mass is 9.83. The Labute approximate surface area is 389 Å². The summed E-state index contributed by atoms with van der Waals surface area (Å²) in [5.41, 5.74) is 0. The van der Waals surface area contributed by atoms with E-state index in [9.17, 15) is 68.8 Å². The highest BCUT2D eigenvalue weighted by molar-refractivity contribution is 7.47. The van der Waals surface area contributed by atoms with E-state index in [0.717, 1.165) is 70.3 Å². The van der Waals surface area contributed by atoms with Crippen molar-refractivity contribution in [2.24, 2.45) is 11.8 Å². The number of rotatable bonds is 22. The van der Waals surface area contributed by atoms with Crippen LogP contribution >= 0.6 is 15.6 Å². The van der Waals surface area contributed by atoms with Crippen molar-refractivity contribution in [3.05, 3.63) is 36.5 Å². The molecular formula is C45H78O19P2. The van der Waals surface area contributed by atoms with Gasteiger partial charge < -0.3 is 54.8 Å². The fourth-order valence-electron chi connectivity index (χ4n) is 7.79. The SMILES string of the molecule is CCC/C=C\C/C=C\CCCCCCCC(=O)OC[C@@H]1COP(=O)(O)O[C@H]2[C@H](O)[C@@H](O)[C@H](O)[C@@H](CCCCCCC(=O)O1)C(=O)C[C@@H](O)[C@H](C=C[C@@H](O)CCCCC)[C@@H](O)[C@H]2OP(=O)(O)O. The fourth-order valence-corrected chi connectivity index (χ4v) is 9.32. The van der Waals surface area contributed by atoms with Gasteiger partial charge in [0.05, 0.1) is 31.0 Å². The van der Waals surface area contributed by atoms with E-state index in [1.54, 1.807) is 0 Å². The average molecular weight is 985 g/mol. The predicted octanol–water partition coefficient (Wildman–Crippen LogP) is 5.32. The van der Waals surface area contributed by atoms with E-state index in [0.29, 0.717) is 32.1 Å². The Kier molecular flexibility index (Phi) is 29.6. The number of aliphatic hydroxyl groups is 6. The quantitative estimate of drug-likeness (QED) is 0.0287. The zero-order valence-electron chi connectivity index (χ0n) is 38.6. The molecule has 12 atom stereocenters. The highest BCUT2D eigenvalue weighted by Gasteiger charge is 2.51. The molecule has 2 aliphatic rings. The highest BCUT2D eigenvalue weighted by atomic mass is 31.2. The number of allylic oxidation sites excluding steroid dienone is 4. The predicted molar refractivity (Wildman–Crippen MR) is 242 cm³/mol. The molecule has 0 aromatic rings. The van der Waals surface area contributed by atoms with Crippen LogP contribution in [-0.4, -0.2) is 131 Å². The molecule has 1 unspecified atom stereocenters. The number of phosphoric ester groups is 2. The molecule has 0 spiro atoms. The van der Waals surface area contributed by atoms with Crippen molar-refractivity contribution in [1.29, 1.82) is 0 Å². The maximum Gasteiger partial charge on any atom is 0.472 e. The first kappa shape index (κ1) is 59.9. The molecule has 1 aliphatic heterocycles. The number of cyclic esters (lactones) is 1. The first-order valence-corrected chi connectivity index (χ1v) is 26.7. The van der Waals surface area contributed by atoms with E-state index in [1.165, 1.54) is 6.08 Å². The van der Waals surface area contributed by atoms with Gasteiger partial charge in [0.15, 0.2) is 6.10 Å². The van der Waals surface area contributed by atoms with Gasteiger partial charge in [-0.05, 0) is 51.4 Å². The van der Waals surface area contributed by atoms with Crippen LogP contribution in [0.2, 0.25) is 0 Å². The van der Waals surface area contributed by atoms with E-state index in [-0.39, 0.29) is 32.1 Å². The van der Waals surface area contributed by atoms with Crippen molar-refractivity contribution >= 4 is 33.4 Å². The van der Waals surface area contributed by atoms with Crippen molar-refractivity contribution in [2.75, 3.05) is 13.2 Å². The molecule has 1 heterocycles. The van der Waals surface area contributed by atoms with Gasteiger partial charge in [0.1, 0.15) is 36.8 Å². The number of unbranched alkanes of at least 4 members (excludes halogenated alkanes) is 8. The van der Waals surface area contributed by atoms with Crippen molar-refractivity contribution < 1.29 is 91.9 Å². The molecule has 2 fully saturated rings. The van der Waals surface area contributed by atoms with Crippen LogP contribution in [0.4, 0.5) is 0 Å². The van der Waals surface area contributed by atoms with Crippen LogP contribution in [0.1, 0.15) is 149 Å². The standard InChI is InChI=1S/C45H78O19P2/c1-3-5-7-8-9-10-11-12-13-14-15-16-21-25-38(49)60-30-33-31-61-66(58,59)64-45-43(54)42(53)40(51)34(24-20-17-18-22-26-39(50)62-33)36(47)29-37(48)35(28-27-32(46)23-19-6-4-2)41(52)44(45)63-65(55,56)57/h7-8,10-11,27-28,32-35,37,40-46,48,51-54H,3-6,9,12-26,29-31H2,1-2H3,(H,58,59)(H2,55,56,57)/b8-7-,11-10-,28-27?/t32-,33+,34-,35-,37+,40+,41+,42-,43+,44+,45-/m0/s1. The van der Waals surface area contributed by atoms with Gasteiger partial charge in [-0.15, -0.1) is 0 Å². The Balaban J connectivity index is 2.36. The van der Waals surface area contributed by atoms with Crippen LogP contribution in [0.15, 0.2) is 36.5 Å². The van der Waals surface area contributed by atoms with Crippen LogP contribution in [0, 0.1) is 11.8 Å². The van der Waals surface area contributed by atoms with E-state index < -0.39 is 120 Å². The highest BCUT2D eigenvalue weighted by Crippen LogP contribution is 2.49. The second kappa shape index (κ2) is 32.6. The lowest BCUT2D eigenvalue weighted by molar-refractivity contribution is -0.165. The lowest BCUT2D eigenvalue weighted by Crippen LogP contribution is -2.56. The minimum absolute atomic E-state index is 0.0410. The monoisotopic (exact) mass is 984 g/mol. The molecule has 1 saturated heterocycles. The maximum atomic E-state index is 13.7. The van der Waals surface area contributed by atoms with Crippen LogP contribution in [0.5, 0.6) is 0 Å². The molecule has 2 bridgehead atoms. The normalized spacial score (nSPS) is 31.2. The zero-order valence-corrected chi connectivity index (χ0v) is 40.4. The summed E-state index contributed by atoms with van der Waals surface area (Å²) in [4.78, 5) is 70.3. The van der Waals surface area contributed by atoms with Gasteiger partial charge >= 0.3 is 27.6 Å². The van der Waals surface area contributed by atoms with E-state index in [2.05, 4.69) is 31.2 Å². The summed E-state index contributed by atoms with van der Waals surface area (Å²) in [7, 11) is -11.5. The molecule has 19 nitrogen and oxygen atoms in total. The number of aliphatic hydroxyl groups excluding tert-OH is 6. The van der Waals surface area contributed by atoms with Gasteiger partial charge in [-0.1, -0.05) is 115 Å². The average Bonchev–Trinajstić information content (AvgIpc) is 3.25. The first-order valence-electron chi connectivity index (χ1n) is 23.6. The summed E-state index contributed by atoms with van der Waals surface area (Å²) in [5.74, 6) is -5.48. The minimum Gasteiger partial charge on any atom is -0.462 e. The second-order valence-electron chi connectivity index (χ2n) is 17.2. The Morgan fingerprint density at radius 3 is 2.23 bits per heavy atom. The van der Waals surface area contributed by atoms with Crippen LogP contribution < -0.4 is 0 Å². The third kappa shape index (κ3) is 24.4. The summed E-state index contributed by atoms with van der Waals surface area (Å²) in [6, 6.07) is 0. The fraction of sp³-hybridized carbons (Fsp3) is 0.800. The molecule has 382 valence electrons. The molecule has 0 aromatic carbocycles. The van der Waals surface area contributed by atoms with Gasteiger partial charge in [0.25, 0.3) is 0 Å². The number of hydrogen-bond acceptors (Lipinski definition) is 16. The topological polar surface area (TPSA) is 314 Å².